The number of halogens is 1. The lowest BCUT2D eigenvalue weighted by molar-refractivity contribution is 0.0269. The molecule has 0 radical (unpaired) electrons. The van der Waals surface area contributed by atoms with Gasteiger partial charge >= 0.3 is 0 Å². The van der Waals surface area contributed by atoms with Crippen LogP contribution in [0.2, 0.25) is 5.02 Å². The van der Waals surface area contributed by atoms with Gasteiger partial charge in [0, 0.05) is 17.3 Å². The minimum atomic E-state index is -1.02. The van der Waals surface area contributed by atoms with Gasteiger partial charge in [0.25, 0.3) is 5.56 Å². The summed E-state index contributed by atoms with van der Waals surface area (Å²) in [4.78, 5) is 21.8. The highest BCUT2D eigenvalue weighted by Gasteiger charge is 2.16. The standard InChI is InChI=1S/C19H18ClN3O4S/c1-19(2,26)11-27-16-15(20)9-12(10-22-16)23-8-7-21-17(18(23)25)28-14-5-3-13(24)4-6-14/h3-10,24,26H,11H2,1-2H3. The molecule has 0 amide bonds. The first-order valence-electron chi connectivity index (χ1n) is 8.28. The van der Waals surface area contributed by atoms with Gasteiger partial charge in [-0.3, -0.25) is 9.36 Å². The number of benzene rings is 1. The van der Waals surface area contributed by atoms with Gasteiger partial charge in [-0.05, 0) is 44.2 Å². The van der Waals surface area contributed by atoms with Crippen molar-refractivity contribution in [2.24, 2.45) is 0 Å². The monoisotopic (exact) mass is 419 g/mol. The molecule has 0 spiro atoms. The van der Waals surface area contributed by atoms with E-state index >= 15 is 0 Å². The normalized spacial score (nSPS) is 11.4. The van der Waals surface area contributed by atoms with Crippen molar-refractivity contribution >= 4 is 23.4 Å². The zero-order valence-corrected chi connectivity index (χ0v) is 16.7. The zero-order valence-electron chi connectivity index (χ0n) is 15.2. The van der Waals surface area contributed by atoms with E-state index in [0.29, 0.717) is 5.69 Å². The largest absolute Gasteiger partial charge is 0.508 e. The summed E-state index contributed by atoms with van der Waals surface area (Å²) in [6.07, 6.45) is 4.49. The molecule has 0 aliphatic heterocycles. The van der Waals surface area contributed by atoms with Crippen LogP contribution in [0.4, 0.5) is 0 Å². The van der Waals surface area contributed by atoms with Crippen LogP contribution in [0, 0.1) is 0 Å². The molecule has 0 unspecified atom stereocenters. The lowest BCUT2D eigenvalue weighted by Crippen LogP contribution is -2.28. The van der Waals surface area contributed by atoms with Crippen molar-refractivity contribution in [2.75, 3.05) is 6.61 Å². The van der Waals surface area contributed by atoms with Gasteiger partial charge in [0.1, 0.15) is 17.4 Å². The highest BCUT2D eigenvalue weighted by Crippen LogP contribution is 2.27. The fourth-order valence-electron chi connectivity index (χ4n) is 2.19. The van der Waals surface area contributed by atoms with Crippen molar-refractivity contribution < 1.29 is 14.9 Å². The average molecular weight is 420 g/mol. The molecule has 0 bridgehead atoms. The summed E-state index contributed by atoms with van der Waals surface area (Å²) in [5.41, 5.74) is -0.893. The first-order chi connectivity index (χ1) is 13.2. The molecule has 3 rings (SSSR count). The second kappa shape index (κ2) is 8.22. The molecule has 0 atom stereocenters. The Kier molecular flexibility index (Phi) is 5.93. The first kappa shape index (κ1) is 20.2. The van der Waals surface area contributed by atoms with Gasteiger partial charge in [-0.15, -0.1) is 0 Å². The Hall–Kier alpha value is -2.55. The minimum Gasteiger partial charge on any atom is -0.508 e. The van der Waals surface area contributed by atoms with E-state index in [4.69, 9.17) is 16.3 Å². The van der Waals surface area contributed by atoms with E-state index in [0.717, 1.165) is 4.90 Å². The Balaban J connectivity index is 1.86. The molecule has 0 aliphatic carbocycles. The molecule has 0 fully saturated rings. The summed E-state index contributed by atoms with van der Waals surface area (Å²) >= 11 is 7.40. The summed E-state index contributed by atoms with van der Waals surface area (Å²) in [6.45, 7) is 3.25. The summed E-state index contributed by atoms with van der Waals surface area (Å²) in [7, 11) is 0. The van der Waals surface area contributed by atoms with Gasteiger partial charge in [-0.1, -0.05) is 23.4 Å². The number of hydrogen-bond donors (Lipinski definition) is 2. The van der Waals surface area contributed by atoms with Crippen LogP contribution < -0.4 is 10.3 Å². The zero-order chi connectivity index (χ0) is 20.3. The van der Waals surface area contributed by atoms with Crippen LogP contribution in [0.5, 0.6) is 11.6 Å². The predicted molar refractivity (Wildman–Crippen MR) is 107 cm³/mol. The number of aromatic nitrogens is 3. The molecule has 0 saturated carbocycles. The smallest absolute Gasteiger partial charge is 0.288 e. The third kappa shape index (κ3) is 5.03. The number of hydrogen-bond acceptors (Lipinski definition) is 7. The van der Waals surface area contributed by atoms with Gasteiger partial charge < -0.3 is 14.9 Å². The molecular formula is C19H18ClN3O4S. The fourth-order valence-corrected chi connectivity index (χ4v) is 3.20. The Morgan fingerprint density at radius 2 is 1.96 bits per heavy atom. The SMILES string of the molecule is CC(C)(O)COc1ncc(-n2ccnc(Sc3ccc(O)cc3)c2=O)cc1Cl. The summed E-state index contributed by atoms with van der Waals surface area (Å²) in [5.74, 6) is 0.323. The molecular weight excluding hydrogens is 402 g/mol. The average Bonchev–Trinajstić information content (AvgIpc) is 2.63. The number of pyridine rings is 1. The molecule has 3 aromatic rings. The van der Waals surface area contributed by atoms with Gasteiger partial charge in [0.05, 0.1) is 17.5 Å². The van der Waals surface area contributed by atoms with Gasteiger partial charge in [0.2, 0.25) is 5.88 Å². The Labute approximate surface area is 170 Å². The van der Waals surface area contributed by atoms with Crippen molar-refractivity contribution in [1.29, 1.82) is 0 Å². The molecule has 0 saturated heterocycles. The van der Waals surface area contributed by atoms with Crippen LogP contribution in [0.25, 0.3) is 5.69 Å². The predicted octanol–water partition coefficient (Wildman–Crippen LogP) is 3.29. The number of phenols is 1. The van der Waals surface area contributed by atoms with Gasteiger partial charge in [-0.25, -0.2) is 9.97 Å². The number of aromatic hydroxyl groups is 1. The summed E-state index contributed by atoms with van der Waals surface area (Å²) in [5, 5.41) is 19.6. The van der Waals surface area contributed by atoms with E-state index in [1.165, 1.54) is 34.9 Å². The number of nitrogens with zero attached hydrogens (tertiary/aromatic N) is 3. The van der Waals surface area contributed by atoms with Crippen LogP contribution >= 0.6 is 23.4 Å². The molecule has 146 valence electrons. The fraction of sp³-hybridized carbons (Fsp3) is 0.211. The maximum Gasteiger partial charge on any atom is 0.288 e. The summed E-state index contributed by atoms with van der Waals surface area (Å²) < 4.78 is 6.80. The highest BCUT2D eigenvalue weighted by molar-refractivity contribution is 7.99. The van der Waals surface area contributed by atoms with Crippen LogP contribution in [0.1, 0.15) is 13.8 Å². The van der Waals surface area contributed by atoms with Crippen molar-refractivity contribution in [3.8, 4) is 17.3 Å². The number of ether oxygens (including phenoxy) is 1. The van der Waals surface area contributed by atoms with E-state index in [1.54, 1.807) is 44.2 Å². The molecule has 1 aromatic carbocycles. The minimum absolute atomic E-state index is 0.0295. The second-order valence-electron chi connectivity index (χ2n) is 6.59. The Morgan fingerprint density at radius 3 is 2.61 bits per heavy atom. The van der Waals surface area contributed by atoms with Crippen molar-refractivity contribution in [3.05, 3.63) is 64.3 Å². The molecule has 7 nitrogen and oxygen atoms in total. The third-order valence-electron chi connectivity index (χ3n) is 3.49. The Bertz CT molecular complexity index is 1030. The number of aliphatic hydroxyl groups is 1. The molecule has 0 aliphatic rings. The maximum absolute atomic E-state index is 12.8. The topological polar surface area (TPSA) is 97.5 Å². The van der Waals surface area contributed by atoms with Gasteiger partial charge in [0.15, 0.2) is 5.03 Å². The molecule has 9 heteroatoms. The van der Waals surface area contributed by atoms with E-state index < -0.39 is 5.60 Å². The Morgan fingerprint density at radius 1 is 1.25 bits per heavy atom. The second-order valence-corrected chi connectivity index (χ2v) is 8.05. The third-order valence-corrected chi connectivity index (χ3v) is 4.75. The molecule has 2 aromatic heterocycles. The van der Waals surface area contributed by atoms with E-state index in [9.17, 15) is 15.0 Å². The molecule has 28 heavy (non-hydrogen) atoms. The van der Waals surface area contributed by atoms with Crippen LogP contribution in [0.15, 0.2) is 63.6 Å². The first-order valence-corrected chi connectivity index (χ1v) is 9.48. The number of phenolic OH excluding ortho intramolecular Hbond substituents is 1. The van der Waals surface area contributed by atoms with Crippen LogP contribution in [-0.4, -0.2) is 37.0 Å². The number of rotatable bonds is 6. The van der Waals surface area contributed by atoms with E-state index in [2.05, 4.69) is 9.97 Å². The lowest BCUT2D eigenvalue weighted by atomic mass is 10.2. The summed E-state index contributed by atoms with van der Waals surface area (Å²) in [6, 6.07) is 8.04. The van der Waals surface area contributed by atoms with Crippen LogP contribution in [0.3, 0.4) is 0 Å². The van der Waals surface area contributed by atoms with Crippen LogP contribution in [-0.2, 0) is 0 Å². The van der Waals surface area contributed by atoms with E-state index in [1.807, 2.05) is 0 Å². The quantitative estimate of drug-likeness (QED) is 0.632. The maximum atomic E-state index is 12.8. The van der Waals surface area contributed by atoms with Crippen molar-refractivity contribution in [1.82, 2.24) is 14.5 Å². The van der Waals surface area contributed by atoms with Gasteiger partial charge in [-0.2, -0.15) is 0 Å². The molecule has 2 heterocycles. The van der Waals surface area contributed by atoms with E-state index in [-0.39, 0.29) is 33.8 Å². The van der Waals surface area contributed by atoms with Crippen molar-refractivity contribution in [2.45, 2.75) is 29.4 Å². The van der Waals surface area contributed by atoms with Crippen molar-refractivity contribution in [3.63, 3.8) is 0 Å². The highest BCUT2D eigenvalue weighted by atomic mass is 35.5. The lowest BCUT2D eigenvalue weighted by Gasteiger charge is -2.18. The molecule has 2 N–H and O–H groups in total.